The number of nitrogens with zero attached hydrogens (tertiary/aromatic N) is 2. The molecule has 24 heavy (non-hydrogen) atoms. The monoisotopic (exact) mass is 359 g/mol. The van der Waals surface area contributed by atoms with E-state index < -0.39 is 35.2 Å². The average Bonchev–Trinajstić information content (AvgIpc) is 2.90. The lowest BCUT2D eigenvalue weighted by molar-refractivity contribution is -0.141. The molecular weight excluding hydrogens is 346 g/mol. The predicted octanol–water partition coefficient (Wildman–Crippen LogP) is 3.54. The minimum atomic E-state index is -4.72. The van der Waals surface area contributed by atoms with Gasteiger partial charge in [0.15, 0.2) is 5.69 Å². The van der Waals surface area contributed by atoms with E-state index in [1.165, 1.54) is 30.9 Å². The first kappa shape index (κ1) is 16.8. The summed E-state index contributed by atoms with van der Waals surface area (Å²) in [6.45, 7) is 0. The fourth-order valence-electron chi connectivity index (χ4n) is 2.62. The van der Waals surface area contributed by atoms with E-state index in [0.29, 0.717) is 17.7 Å². The van der Waals surface area contributed by atoms with Crippen molar-refractivity contribution in [3.8, 4) is 0 Å². The van der Waals surface area contributed by atoms with Gasteiger partial charge >= 0.3 is 6.18 Å². The van der Waals surface area contributed by atoms with Gasteiger partial charge in [0.2, 0.25) is 0 Å². The van der Waals surface area contributed by atoms with Crippen LogP contribution in [0.3, 0.4) is 0 Å². The van der Waals surface area contributed by atoms with Crippen LogP contribution in [0.5, 0.6) is 0 Å². The van der Waals surface area contributed by atoms with Gasteiger partial charge in [0.05, 0.1) is 11.6 Å². The predicted molar refractivity (Wildman–Crippen MR) is 80.2 cm³/mol. The third kappa shape index (κ3) is 3.26. The Morgan fingerprint density at radius 2 is 2.17 bits per heavy atom. The first-order valence-electron chi connectivity index (χ1n) is 7.09. The molecule has 0 radical (unpaired) electrons. The smallest absolute Gasteiger partial charge is 0.345 e. The van der Waals surface area contributed by atoms with Gasteiger partial charge in [-0.05, 0) is 30.2 Å². The third-order valence-corrected chi connectivity index (χ3v) is 4.78. The normalized spacial score (nSPS) is 17.5. The molecule has 1 amide bonds. The zero-order valence-electron chi connectivity index (χ0n) is 12.5. The van der Waals surface area contributed by atoms with Crippen LogP contribution in [0.2, 0.25) is 0 Å². The Bertz CT molecular complexity index is 788. The lowest BCUT2D eigenvalue weighted by Crippen LogP contribution is -2.31. The number of nitrogens with one attached hydrogen (secondary N) is 1. The Labute approximate surface area is 139 Å². The topological polar surface area (TPSA) is 46.9 Å². The third-order valence-electron chi connectivity index (χ3n) is 3.66. The van der Waals surface area contributed by atoms with Crippen molar-refractivity contribution in [2.24, 2.45) is 7.05 Å². The van der Waals surface area contributed by atoms with E-state index in [1.54, 1.807) is 6.07 Å². The summed E-state index contributed by atoms with van der Waals surface area (Å²) in [5.41, 5.74) is -1.19. The fourth-order valence-corrected chi connectivity index (χ4v) is 3.72. The number of carbonyl (C=O) groups is 1. The molecule has 1 atom stereocenters. The molecule has 0 fully saturated rings. The van der Waals surface area contributed by atoms with E-state index in [9.17, 15) is 22.4 Å². The molecule has 1 aliphatic rings. The van der Waals surface area contributed by atoms with Gasteiger partial charge in [0.1, 0.15) is 5.82 Å². The van der Waals surface area contributed by atoms with Crippen LogP contribution in [0.25, 0.3) is 0 Å². The number of alkyl halides is 3. The first-order chi connectivity index (χ1) is 11.3. The van der Waals surface area contributed by atoms with Crippen molar-refractivity contribution in [1.82, 2.24) is 15.1 Å². The highest BCUT2D eigenvalue weighted by molar-refractivity contribution is 7.99. The quantitative estimate of drug-likeness (QED) is 0.835. The van der Waals surface area contributed by atoms with Gasteiger partial charge in [-0.2, -0.15) is 18.3 Å². The lowest BCUT2D eigenvalue weighted by Gasteiger charge is -2.26. The largest absolute Gasteiger partial charge is 0.435 e. The molecule has 2 aromatic rings. The van der Waals surface area contributed by atoms with Gasteiger partial charge in [-0.25, -0.2) is 4.39 Å². The van der Waals surface area contributed by atoms with E-state index in [2.05, 4.69) is 10.4 Å². The zero-order valence-corrected chi connectivity index (χ0v) is 13.3. The standard InChI is InChI=1S/C15H13F4N3OS/c1-22-7-10(13(21-22)15(17,18)19)14(23)20-11-4-5-24-12-3-2-8(16)6-9(11)12/h2-3,6-7,11H,4-5H2,1H3,(H,20,23). The van der Waals surface area contributed by atoms with Gasteiger partial charge < -0.3 is 5.32 Å². The van der Waals surface area contributed by atoms with Crippen LogP contribution in [0.15, 0.2) is 29.3 Å². The van der Waals surface area contributed by atoms with Gasteiger partial charge in [0, 0.05) is 23.9 Å². The summed E-state index contributed by atoms with van der Waals surface area (Å²) in [5.74, 6) is -0.640. The van der Waals surface area contributed by atoms with Gasteiger partial charge in [-0.1, -0.05) is 0 Å². The van der Waals surface area contributed by atoms with Crippen LogP contribution in [0, 0.1) is 5.82 Å². The molecule has 4 nitrogen and oxygen atoms in total. The highest BCUT2D eigenvalue weighted by Gasteiger charge is 2.39. The molecule has 1 unspecified atom stereocenters. The van der Waals surface area contributed by atoms with Crippen LogP contribution in [-0.2, 0) is 13.2 Å². The van der Waals surface area contributed by atoms with Gasteiger partial charge in [-0.15, -0.1) is 11.8 Å². The number of thioether (sulfide) groups is 1. The summed E-state index contributed by atoms with van der Waals surface area (Å²) in [6.07, 6.45) is -3.18. The molecular formula is C15H13F4N3OS. The number of carbonyl (C=O) groups excluding carboxylic acids is 1. The summed E-state index contributed by atoms with van der Waals surface area (Å²) in [6, 6.07) is 3.70. The molecule has 0 aliphatic carbocycles. The second-order valence-electron chi connectivity index (χ2n) is 5.41. The zero-order chi connectivity index (χ0) is 17.5. The second kappa shape index (κ2) is 6.12. The van der Waals surface area contributed by atoms with E-state index in [0.717, 1.165) is 15.8 Å². The summed E-state index contributed by atoms with van der Waals surface area (Å²) >= 11 is 1.52. The Morgan fingerprint density at radius 1 is 1.42 bits per heavy atom. The van der Waals surface area contributed by atoms with Crippen LogP contribution in [-0.4, -0.2) is 21.4 Å². The van der Waals surface area contributed by atoms with Crippen molar-refractivity contribution in [1.29, 1.82) is 0 Å². The summed E-state index contributed by atoms with van der Waals surface area (Å²) in [7, 11) is 1.31. The number of hydrogen-bond acceptors (Lipinski definition) is 3. The number of aromatic nitrogens is 2. The van der Waals surface area contributed by atoms with Crippen LogP contribution in [0.4, 0.5) is 17.6 Å². The van der Waals surface area contributed by atoms with E-state index in [-0.39, 0.29) is 0 Å². The Balaban J connectivity index is 1.89. The molecule has 0 saturated heterocycles. The minimum absolute atomic E-state index is 0.451. The van der Waals surface area contributed by atoms with Crippen LogP contribution < -0.4 is 5.32 Å². The molecule has 1 aliphatic heterocycles. The number of halogens is 4. The van der Waals surface area contributed by atoms with Crippen molar-refractivity contribution >= 4 is 17.7 Å². The molecule has 9 heteroatoms. The molecule has 128 valence electrons. The average molecular weight is 359 g/mol. The van der Waals surface area contributed by atoms with E-state index >= 15 is 0 Å². The number of hydrogen-bond donors (Lipinski definition) is 1. The maximum Gasteiger partial charge on any atom is 0.435 e. The van der Waals surface area contributed by atoms with Crippen molar-refractivity contribution in [2.45, 2.75) is 23.5 Å². The fraction of sp³-hybridized carbons (Fsp3) is 0.333. The van der Waals surface area contributed by atoms with E-state index in [1.807, 2.05) is 0 Å². The van der Waals surface area contributed by atoms with E-state index in [4.69, 9.17) is 0 Å². The lowest BCUT2D eigenvalue weighted by atomic mass is 10.0. The van der Waals surface area contributed by atoms with Gasteiger partial charge in [0.25, 0.3) is 5.91 Å². The summed E-state index contributed by atoms with van der Waals surface area (Å²) in [5, 5.41) is 5.89. The highest BCUT2D eigenvalue weighted by atomic mass is 32.2. The van der Waals surface area contributed by atoms with Crippen molar-refractivity contribution < 1.29 is 22.4 Å². The minimum Gasteiger partial charge on any atom is -0.345 e. The molecule has 1 aromatic heterocycles. The summed E-state index contributed by atoms with van der Waals surface area (Å²) < 4.78 is 53.4. The molecule has 0 spiro atoms. The Morgan fingerprint density at radius 3 is 2.88 bits per heavy atom. The first-order valence-corrected chi connectivity index (χ1v) is 8.08. The second-order valence-corrected chi connectivity index (χ2v) is 6.54. The number of benzene rings is 1. The highest BCUT2D eigenvalue weighted by Crippen LogP contribution is 2.37. The Kier molecular flexibility index (Phi) is 4.29. The molecule has 0 saturated carbocycles. The molecule has 2 heterocycles. The Hall–Kier alpha value is -2.03. The molecule has 0 bridgehead atoms. The number of aryl methyl sites for hydroxylation is 1. The number of fused-ring (bicyclic) bond motifs is 1. The number of rotatable bonds is 2. The summed E-state index contributed by atoms with van der Waals surface area (Å²) in [4.78, 5) is 13.1. The van der Waals surface area contributed by atoms with Crippen molar-refractivity contribution in [2.75, 3.05) is 5.75 Å². The van der Waals surface area contributed by atoms with Gasteiger partial charge in [-0.3, -0.25) is 9.48 Å². The molecule has 3 rings (SSSR count). The van der Waals surface area contributed by atoms with Crippen molar-refractivity contribution in [3.05, 3.63) is 47.0 Å². The maximum absolute atomic E-state index is 13.5. The van der Waals surface area contributed by atoms with Crippen LogP contribution >= 0.6 is 11.8 Å². The maximum atomic E-state index is 13.5. The molecule has 1 N–H and O–H groups in total. The van der Waals surface area contributed by atoms with Crippen LogP contribution in [0.1, 0.15) is 34.1 Å². The van der Waals surface area contributed by atoms with Crippen molar-refractivity contribution in [3.63, 3.8) is 0 Å². The SMILES string of the molecule is Cn1cc(C(=O)NC2CCSc3ccc(F)cc32)c(C(F)(F)F)n1. The number of amides is 1. The molecule has 1 aromatic carbocycles.